The number of rotatable bonds is 4. The first-order valence-corrected chi connectivity index (χ1v) is 9.60. The average Bonchev–Trinajstić information content (AvgIpc) is 3.02. The number of aryl methyl sites for hydroxylation is 1. The van der Waals surface area contributed by atoms with E-state index in [0.717, 1.165) is 24.2 Å². The van der Waals surface area contributed by atoms with Gasteiger partial charge in [-0.25, -0.2) is 8.42 Å². The van der Waals surface area contributed by atoms with E-state index in [1.165, 1.54) is 19.3 Å². The second-order valence-electron chi connectivity index (χ2n) is 6.66. The van der Waals surface area contributed by atoms with Gasteiger partial charge in [-0.15, -0.1) is 0 Å². The summed E-state index contributed by atoms with van der Waals surface area (Å²) in [5.41, 5.74) is 1.75. The molecule has 6 heteroatoms. The number of nitrogens with one attached hydrogen (secondary N) is 2. The van der Waals surface area contributed by atoms with Crippen LogP contribution in [0.1, 0.15) is 41.6 Å². The van der Waals surface area contributed by atoms with Crippen LogP contribution in [0, 0.1) is 18.8 Å². The third kappa shape index (κ3) is 3.27. The Morgan fingerprint density at radius 2 is 2.00 bits per heavy atom. The molecular formula is C16H22N2O3S. The fraction of sp³-hybridized carbons (Fsp3) is 0.562. The zero-order valence-electron chi connectivity index (χ0n) is 12.9. The number of hydrogen-bond acceptors (Lipinski definition) is 3. The van der Waals surface area contributed by atoms with Crippen molar-refractivity contribution in [2.45, 2.75) is 38.6 Å². The first kappa shape index (κ1) is 15.3. The summed E-state index contributed by atoms with van der Waals surface area (Å²) in [5, 5.41) is 3.12. The van der Waals surface area contributed by atoms with Gasteiger partial charge in [-0.3, -0.25) is 9.52 Å². The van der Waals surface area contributed by atoms with Gasteiger partial charge in [-0.05, 0) is 55.7 Å². The van der Waals surface area contributed by atoms with Crippen molar-refractivity contribution in [3.63, 3.8) is 0 Å². The molecule has 3 atom stereocenters. The highest BCUT2D eigenvalue weighted by atomic mass is 32.2. The van der Waals surface area contributed by atoms with Gasteiger partial charge in [-0.2, -0.15) is 0 Å². The SMILES string of the molecule is Cc1ccc(C(=O)N[C@@H]2C[C@@H]3CC[C@@H]2C3)cc1NS(C)(=O)=O. The van der Waals surface area contributed by atoms with Crippen molar-refractivity contribution in [3.8, 4) is 0 Å². The maximum absolute atomic E-state index is 12.4. The third-order valence-electron chi connectivity index (χ3n) is 4.85. The van der Waals surface area contributed by atoms with Crippen LogP contribution < -0.4 is 10.0 Å². The van der Waals surface area contributed by atoms with Crippen molar-refractivity contribution in [2.75, 3.05) is 11.0 Å². The second kappa shape index (κ2) is 5.57. The van der Waals surface area contributed by atoms with E-state index in [1.54, 1.807) is 18.2 Å². The smallest absolute Gasteiger partial charge is 0.251 e. The highest BCUT2D eigenvalue weighted by Gasteiger charge is 2.40. The molecule has 0 unspecified atom stereocenters. The molecule has 3 rings (SSSR count). The highest BCUT2D eigenvalue weighted by Crippen LogP contribution is 2.44. The summed E-state index contributed by atoms with van der Waals surface area (Å²) in [7, 11) is -3.35. The molecule has 1 aromatic rings. The molecule has 2 aliphatic carbocycles. The molecular weight excluding hydrogens is 300 g/mol. The lowest BCUT2D eigenvalue weighted by molar-refractivity contribution is 0.0923. The van der Waals surface area contributed by atoms with E-state index in [4.69, 9.17) is 0 Å². The number of amides is 1. The molecule has 22 heavy (non-hydrogen) atoms. The molecule has 2 N–H and O–H groups in total. The Bertz CT molecular complexity index is 699. The number of fused-ring (bicyclic) bond motifs is 2. The van der Waals surface area contributed by atoms with E-state index in [2.05, 4.69) is 10.0 Å². The Morgan fingerprint density at radius 3 is 2.59 bits per heavy atom. The third-order valence-corrected chi connectivity index (χ3v) is 5.44. The van der Waals surface area contributed by atoms with Crippen molar-refractivity contribution >= 4 is 21.6 Å². The predicted molar refractivity (Wildman–Crippen MR) is 86.3 cm³/mol. The summed E-state index contributed by atoms with van der Waals surface area (Å²) in [6, 6.07) is 5.40. The summed E-state index contributed by atoms with van der Waals surface area (Å²) in [6.45, 7) is 1.81. The van der Waals surface area contributed by atoms with Gasteiger partial charge in [0, 0.05) is 11.6 Å². The van der Waals surface area contributed by atoms with Crippen molar-refractivity contribution in [1.82, 2.24) is 5.32 Å². The minimum absolute atomic E-state index is 0.117. The van der Waals surface area contributed by atoms with Crippen LogP contribution in [0.5, 0.6) is 0 Å². The lowest BCUT2D eigenvalue weighted by atomic mass is 9.95. The van der Waals surface area contributed by atoms with Crippen LogP contribution in [0.15, 0.2) is 18.2 Å². The standard InChI is InChI=1S/C16H22N2O3S/c1-10-3-5-13(9-14(10)18-22(2,20)21)16(19)17-15-8-11-4-6-12(15)7-11/h3,5,9,11-12,15,18H,4,6-8H2,1-2H3,(H,17,19)/t11-,12-,15-/m1/s1. The van der Waals surface area contributed by atoms with Gasteiger partial charge in [0.15, 0.2) is 0 Å². The normalized spacial score (nSPS) is 26.9. The highest BCUT2D eigenvalue weighted by molar-refractivity contribution is 7.92. The van der Waals surface area contributed by atoms with Crippen LogP contribution in [0.2, 0.25) is 0 Å². The predicted octanol–water partition coefficient (Wildman–Crippen LogP) is 2.28. The van der Waals surface area contributed by atoms with Crippen LogP contribution in [0.3, 0.4) is 0 Å². The van der Waals surface area contributed by atoms with E-state index >= 15 is 0 Å². The van der Waals surface area contributed by atoms with Crippen LogP contribution in [0.25, 0.3) is 0 Å². The van der Waals surface area contributed by atoms with Crippen molar-refractivity contribution in [3.05, 3.63) is 29.3 Å². The van der Waals surface area contributed by atoms with E-state index in [9.17, 15) is 13.2 Å². The molecule has 0 heterocycles. The molecule has 5 nitrogen and oxygen atoms in total. The molecule has 1 aromatic carbocycles. The topological polar surface area (TPSA) is 75.3 Å². The molecule has 0 aromatic heterocycles. The van der Waals surface area contributed by atoms with Gasteiger partial charge < -0.3 is 5.32 Å². The number of hydrogen-bond donors (Lipinski definition) is 2. The minimum atomic E-state index is -3.35. The molecule has 0 saturated heterocycles. The lowest BCUT2D eigenvalue weighted by Gasteiger charge is -2.23. The monoisotopic (exact) mass is 322 g/mol. The average molecular weight is 322 g/mol. The summed E-state index contributed by atoms with van der Waals surface area (Å²) < 4.78 is 25.2. The van der Waals surface area contributed by atoms with Gasteiger partial charge in [0.2, 0.25) is 10.0 Å². The minimum Gasteiger partial charge on any atom is -0.349 e. The van der Waals surface area contributed by atoms with Crippen molar-refractivity contribution < 1.29 is 13.2 Å². The molecule has 0 aliphatic heterocycles. The second-order valence-corrected chi connectivity index (χ2v) is 8.41. The van der Waals surface area contributed by atoms with Crippen molar-refractivity contribution in [2.24, 2.45) is 11.8 Å². The number of carbonyl (C=O) groups excluding carboxylic acids is 1. The van der Waals surface area contributed by atoms with Crippen LogP contribution in [0.4, 0.5) is 5.69 Å². The first-order chi connectivity index (χ1) is 10.3. The quantitative estimate of drug-likeness (QED) is 0.893. The molecule has 120 valence electrons. The van der Waals surface area contributed by atoms with E-state index < -0.39 is 10.0 Å². The Labute approximate surface area is 131 Å². The van der Waals surface area contributed by atoms with Gasteiger partial charge >= 0.3 is 0 Å². The summed E-state index contributed by atoms with van der Waals surface area (Å²) in [4.78, 5) is 12.4. The fourth-order valence-corrected chi connectivity index (χ4v) is 4.37. The number of anilines is 1. The van der Waals surface area contributed by atoms with Crippen LogP contribution in [-0.2, 0) is 10.0 Å². The fourth-order valence-electron chi connectivity index (χ4n) is 3.75. The van der Waals surface area contributed by atoms with Gasteiger partial charge in [-0.1, -0.05) is 12.5 Å². The molecule has 2 fully saturated rings. The molecule has 2 saturated carbocycles. The van der Waals surface area contributed by atoms with E-state index in [-0.39, 0.29) is 11.9 Å². The summed E-state index contributed by atoms with van der Waals surface area (Å²) in [5.74, 6) is 1.28. The maximum Gasteiger partial charge on any atom is 0.251 e. The molecule has 0 spiro atoms. The Balaban J connectivity index is 1.74. The molecule has 0 radical (unpaired) electrons. The van der Waals surface area contributed by atoms with Gasteiger partial charge in [0.25, 0.3) is 5.91 Å². The summed E-state index contributed by atoms with van der Waals surface area (Å²) in [6.07, 6.45) is 5.93. The number of sulfonamides is 1. The Kier molecular flexibility index (Phi) is 3.89. The van der Waals surface area contributed by atoms with Gasteiger partial charge in [0.05, 0.1) is 11.9 Å². The van der Waals surface area contributed by atoms with Crippen LogP contribution in [-0.4, -0.2) is 26.6 Å². The van der Waals surface area contributed by atoms with Crippen molar-refractivity contribution in [1.29, 1.82) is 0 Å². The molecule has 2 bridgehead atoms. The lowest BCUT2D eigenvalue weighted by Crippen LogP contribution is -2.38. The zero-order chi connectivity index (χ0) is 15.9. The summed E-state index contributed by atoms with van der Waals surface area (Å²) >= 11 is 0. The number of carbonyl (C=O) groups is 1. The maximum atomic E-state index is 12.4. The zero-order valence-corrected chi connectivity index (χ0v) is 13.7. The van der Waals surface area contributed by atoms with E-state index in [0.29, 0.717) is 17.2 Å². The van der Waals surface area contributed by atoms with Crippen LogP contribution >= 0.6 is 0 Å². The largest absolute Gasteiger partial charge is 0.349 e. The molecule has 1 amide bonds. The van der Waals surface area contributed by atoms with E-state index in [1.807, 2.05) is 6.92 Å². The van der Waals surface area contributed by atoms with Gasteiger partial charge in [0.1, 0.15) is 0 Å². The number of benzene rings is 1. The Hall–Kier alpha value is -1.56. The first-order valence-electron chi connectivity index (χ1n) is 7.71. The molecule has 2 aliphatic rings. The Morgan fingerprint density at radius 1 is 1.23 bits per heavy atom.